The van der Waals surface area contributed by atoms with Gasteiger partial charge in [-0.25, -0.2) is 9.78 Å². The van der Waals surface area contributed by atoms with Gasteiger partial charge in [0.2, 0.25) is 0 Å². The van der Waals surface area contributed by atoms with Crippen molar-refractivity contribution in [2.24, 2.45) is 0 Å². The third-order valence-corrected chi connectivity index (χ3v) is 1.91. The summed E-state index contributed by atoms with van der Waals surface area (Å²) in [5.41, 5.74) is -2.02. The summed E-state index contributed by atoms with van der Waals surface area (Å²) in [4.78, 5) is 24.4. The van der Waals surface area contributed by atoms with Gasteiger partial charge in [-0.05, 0) is 6.07 Å². The summed E-state index contributed by atoms with van der Waals surface area (Å²) in [6.45, 7) is 0. The molecule has 4 nitrogen and oxygen atoms in total. The van der Waals surface area contributed by atoms with Crippen molar-refractivity contribution in [1.29, 1.82) is 0 Å². The van der Waals surface area contributed by atoms with Crippen LogP contribution in [0.2, 0.25) is 5.15 Å². The van der Waals surface area contributed by atoms with Gasteiger partial charge in [0, 0.05) is 6.20 Å². The van der Waals surface area contributed by atoms with E-state index < -0.39 is 34.2 Å². The number of carbonyl (C=O) groups excluding carboxylic acids is 1. The van der Waals surface area contributed by atoms with Crippen molar-refractivity contribution in [3.63, 3.8) is 0 Å². The first kappa shape index (κ1) is 12.4. The molecule has 0 aliphatic carbocycles. The van der Waals surface area contributed by atoms with Crippen LogP contribution in [0, 0.1) is 0 Å². The number of Topliss-reactive ketones (excluding diaryl/α,β-unsaturated/α-hetero) is 1. The van der Waals surface area contributed by atoms with Crippen LogP contribution in [0.5, 0.6) is 0 Å². The van der Waals surface area contributed by atoms with Crippen molar-refractivity contribution in [2.45, 2.75) is 6.18 Å². The number of carboxylic acid groups (broad SMARTS) is 1. The minimum absolute atomic E-state index is 0.353. The van der Waals surface area contributed by atoms with Crippen LogP contribution < -0.4 is 0 Å². The van der Waals surface area contributed by atoms with Crippen LogP contribution in [0.15, 0.2) is 12.3 Å². The van der Waals surface area contributed by atoms with Gasteiger partial charge < -0.3 is 5.11 Å². The highest BCUT2D eigenvalue weighted by Crippen LogP contribution is 2.30. The largest absolute Gasteiger partial charge is 0.475 e. The van der Waals surface area contributed by atoms with Gasteiger partial charge in [0.25, 0.3) is 5.78 Å². The fourth-order valence-electron chi connectivity index (χ4n) is 0.878. The van der Waals surface area contributed by atoms with Crippen LogP contribution in [0.4, 0.5) is 13.2 Å². The summed E-state index contributed by atoms with van der Waals surface area (Å²) < 4.78 is 36.7. The number of halogens is 4. The SMILES string of the molecule is O=C(O)C(=O)c1cc(C(F)(F)F)cnc1Cl. The quantitative estimate of drug-likeness (QED) is 0.497. The maximum atomic E-state index is 12.2. The molecule has 0 bridgehead atoms. The second-order valence-electron chi connectivity index (χ2n) is 2.69. The van der Waals surface area contributed by atoms with Crippen LogP contribution >= 0.6 is 11.6 Å². The molecule has 86 valence electrons. The minimum atomic E-state index is -4.72. The third kappa shape index (κ3) is 2.48. The number of hydrogen-bond acceptors (Lipinski definition) is 3. The number of hydrogen-bond donors (Lipinski definition) is 1. The van der Waals surface area contributed by atoms with E-state index in [9.17, 15) is 22.8 Å². The molecule has 1 aromatic rings. The monoisotopic (exact) mass is 253 g/mol. The predicted octanol–water partition coefficient (Wildman–Crippen LogP) is 2.02. The van der Waals surface area contributed by atoms with E-state index in [1.807, 2.05) is 0 Å². The maximum absolute atomic E-state index is 12.2. The topological polar surface area (TPSA) is 67.3 Å². The zero-order valence-electron chi connectivity index (χ0n) is 7.38. The number of carboxylic acids is 1. The fourth-order valence-corrected chi connectivity index (χ4v) is 1.07. The Hall–Kier alpha value is -1.63. The molecule has 1 rings (SSSR count). The second kappa shape index (κ2) is 4.09. The first-order valence-corrected chi connectivity index (χ1v) is 4.11. The van der Waals surface area contributed by atoms with Crippen molar-refractivity contribution in [1.82, 2.24) is 4.98 Å². The van der Waals surface area contributed by atoms with E-state index in [0.717, 1.165) is 0 Å². The number of nitrogens with zero attached hydrogens (tertiary/aromatic N) is 1. The standard InChI is InChI=1S/C8H3ClF3NO3/c9-6-4(5(14)7(15)16)1-3(2-13-6)8(10,11)12/h1-2H,(H,15,16). The highest BCUT2D eigenvalue weighted by molar-refractivity contribution is 6.44. The summed E-state index contributed by atoms with van der Waals surface area (Å²) in [5, 5.41) is 7.75. The normalized spacial score (nSPS) is 11.2. The Labute approximate surface area is 91.7 Å². The van der Waals surface area contributed by atoms with Crippen LogP contribution in [0.3, 0.4) is 0 Å². The molecule has 0 radical (unpaired) electrons. The predicted molar refractivity (Wildman–Crippen MR) is 46.2 cm³/mol. The van der Waals surface area contributed by atoms with Crippen molar-refractivity contribution >= 4 is 23.4 Å². The van der Waals surface area contributed by atoms with Crippen LogP contribution in [0.25, 0.3) is 0 Å². The van der Waals surface area contributed by atoms with E-state index >= 15 is 0 Å². The molecule has 1 heterocycles. The maximum Gasteiger partial charge on any atom is 0.417 e. The molecular weight excluding hydrogens is 251 g/mol. The molecule has 1 N–H and O–H groups in total. The Morgan fingerprint density at radius 1 is 1.38 bits per heavy atom. The lowest BCUT2D eigenvalue weighted by Crippen LogP contribution is -2.16. The zero-order valence-corrected chi connectivity index (χ0v) is 8.13. The van der Waals surface area contributed by atoms with E-state index in [0.29, 0.717) is 12.3 Å². The lowest BCUT2D eigenvalue weighted by Gasteiger charge is -2.07. The van der Waals surface area contributed by atoms with Gasteiger partial charge in [-0.15, -0.1) is 0 Å². The lowest BCUT2D eigenvalue weighted by atomic mass is 10.1. The summed E-state index contributed by atoms with van der Waals surface area (Å²) >= 11 is 5.32. The van der Waals surface area contributed by atoms with Gasteiger partial charge in [0.05, 0.1) is 11.1 Å². The average Bonchev–Trinajstić information content (AvgIpc) is 2.15. The van der Waals surface area contributed by atoms with Gasteiger partial charge >= 0.3 is 12.1 Å². The van der Waals surface area contributed by atoms with E-state index in [1.165, 1.54) is 0 Å². The van der Waals surface area contributed by atoms with Crippen molar-refractivity contribution in [3.8, 4) is 0 Å². The van der Waals surface area contributed by atoms with E-state index in [4.69, 9.17) is 16.7 Å². The smallest absolute Gasteiger partial charge is 0.417 e. The molecule has 0 aliphatic heterocycles. The number of pyridine rings is 1. The Balaban J connectivity index is 3.30. The molecule has 0 saturated heterocycles. The molecule has 8 heteroatoms. The molecule has 0 amide bonds. The number of carbonyl (C=O) groups is 2. The molecular formula is C8H3ClF3NO3. The summed E-state index contributed by atoms with van der Waals surface area (Å²) in [5.74, 6) is -3.44. The van der Waals surface area contributed by atoms with Crippen LogP contribution in [-0.2, 0) is 11.0 Å². The first-order valence-electron chi connectivity index (χ1n) is 3.74. The summed E-state index contributed by atoms with van der Waals surface area (Å²) in [7, 11) is 0. The fraction of sp³-hybridized carbons (Fsp3) is 0.125. The van der Waals surface area contributed by atoms with Crippen molar-refractivity contribution < 1.29 is 27.9 Å². The number of ketones is 1. The van der Waals surface area contributed by atoms with Gasteiger partial charge in [-0.2, -0.15) is 13.2 Å². The highest BCUT2D eigenvalue weighted by Gasteiger charge is 2.33. The molecule has 0 aromatic carbocycles. The van der Waals surface area contributed by atoms with Gasteiger partial charge in [-0.1, -0.05) is 11.6 Å². The van der Waals surface area contributed by atoms with Crippen molar-refractivity contribution in [3.05, 3.63) is 28.5 Å². The summed E-state index contributed by atoms with van der Waals surface area (Å²) in [6, 6.07) is 0.353. The Morgan fingerprint density at radius 3 is 2.38 bits per heavy atom. The number of aromatic nitrogens is 1. The van der Waals surface area contributed by atoms with Crippen molar-refractivity contribution in [2.75, 3.05) is 0 Å². The third-order valence-electron chi connectivity index (χ3n) is 1.61. The number of alkyl halides is 3. The molecule has 0 saturated carbocycles. The highest BCUT2D eigenvalue weighted by atomic mass is 35.5. The minimum Gasteiger partial charge on any atom is -0.475 e. The van der Waals surface area contributed by atoms with Crippen LogP contribution in [-0.4, -0.2) is 21.8 Å². The molecule has 0 unspecified atom stereocenters. The average molecular weight is 254 g/mol. The lowest BCUT2D eigenvalue weighted by molar-refractivity contribution is -0.138. The van der Waals surface area contributed by atoms with Gasteiger partial charge in [0.15, 0.2) is 0 Å². The molecule has 16 heavy (non-hydrogen) atoms. The van der Waals surface area contributed by atoms with E-state index in [-0.39, 0.29) is 0 Å². The van der Waals surface area contributed by atoms with Crippen LogP contribution in [0.1, 0.15) is 15.9 Å². The Bertz CT molecular complexity index is 458. The molecule has 0 fully saturated rings. The summed E-state index contributed by atoms with van der Waals surface area (Å²) in [6.07, 6.45) is -4.30. The second-order valence-corrected chi connectivity index (χ2v) is 3.05. The molecule has 1 aromatic heterocycles. The molecule has 0 spiro atoms. The Morgan fingerprint density at radius 2 is 1.94 bits per heavy atom. The van der Waals surface area contributed by atoms with E-state index in [1.54, 1.807) is 0 Å². The number of rotatable bonds is 2. The van der Waals surface area contributed by atoms with Gasteiger partial charge in [0.1, 0.15) is 5.15 Å². The van der Waals surface area contributed by atoms with Gasteiger partial charge in [-0.3, -0.25) is 4.79 Å². The first-order chi connectivity index (χ1) is 7.23. The Kier molecular flexibility index (Phi) is 3.18. The number of aliphatic carboxylic acids is 1. The molecule has 0 atom stereocenters. The zero-order chi connectivity index (χ0) is 12.5. The molecule has 0 aliphatic rings. The van der Waals surface area contributed by atoms with E-state index in [2.05, 4.69) is 4.98 Å².